The van der Waals surface area contributed by atoms with Crippen molar-refractivity contribution >= 4 is 34.8 Å². The number of rotatable bonds is 7. The summed E-state index contributed by atoms with van der Waals surface area (Å²) in [5, 5.41) is 5.80. The zero-order valence-electron chi connectivity index (χ0n) is 14.9. The Morgan fingerprint density at radius 3 is 2.57 bits per heavy atom. The lowest BCUT2D eigenvalue weighted by Crippen LogP contribution is -2.20. The zero-order chi connectivity index (χ0) is 19.9. The van der Waals surface area contributed by atoms with E-state index in [1.54, 1.807) is 54.6 Å². The van der Waals surface area contributed by atoms with Gasteiger partial charge < -0.3 is 24.5 Å². The molecular formula is C20H17ClN2O5. The third kappa shape index (κ3) is 4.83. The van der Waals surface area contributed by atoms with Crippen molar-refractivity contribution in [3.05, 3.63) is 71.6 Å². The number of methoxy groups -OCH3 is 1. The average Bonchev–Trinajstić information content (AvgIpc) is 3.23. The molecule has 28 heavy (non-hydrogen) atoms. The topological polar surface area (TPSA) is 89.8 Å². The first-order chi connectivity index (χ1) is 13.6. The maximum absolute atomic E-state index is 12.2. The fraction of sp³-hybridized carbons (Fsp3) is 0.100. The Kier molecular flexibility index (Phi) is 6.18. The summed E-state index contributed by atoms with van der Waals surface area (Å²) in [7, 11) is 1.48. The van der Waals surface area contributed by atoms with Crippen LogP contribution in [0.3, 0.4) is 0 Å². The molecule has 3 rings (SSSR count). The van der Waals surface area contributed by atoms with E-state index in [2.05, 4.69) is 10.6 Å². The molecule has 2 aromatic carbocycles. The number of amides is 2. The van der Waals surface area contributed by atoms with Crippen molar-refractivity contribution in [2.24, 2.45) is 0 Å². The highest BCUT2D eigenvalue weighted by Crippen LogP contribution is 2.28. The van der Waals surface area contributed by atoms with Crippen LogP contribution in [0.25, 0.3) is 0 Å². The molecule has 0 saturated heterocycles. The van der Waals surface area contributed by atoms with E-state index < -0.39 is 5.91 Å². The number of carbonyl (C=O) groups excluding carboxylic acids is 2. The predicted octanol–water partition coefficient (Wildman–Crippen LogP) is 4.21. The van der Waals surface area contributed by atoms with Gasteiger partial charge in [0.15, 0.2) is 12.4 Å². The van der Waals surface area contributed by atoms with Crippen molar-refractivity contribution in [1.29, 1.82) is 0 Å². The number of anilines is 2. The molecule has 0 spiro atoms. The van der Waals surface area contributed by atoms with Crippen LogP contribution in [0, 0.1) is 0 Å². The van der Waals surface area contributed by atoms with Crippen LogP contribution < -0.4 is 20.1 Å². The van der Waals surface area contributed by atoms with Crippen LogP contribution in [0.15, 0.2) is 65.3 Å². The smallest absolute Gasteiger partial charge is 0.291 e. The van der Waals surface area contributed by atoms with Crippen molar-refractivity contribution in [3.63, 3.8) is 0 Å². The number of hydrogen-bond donors (Lipinski definition) is 2. The van der Waals surface area contributed by atoms with Gasteiger partial charge in [0.05, 0.1) is 24.1 Å². The lowest BCUT2D eigenvalue weighted by molar-refractivity contribution is -0.118. The molecule has 1 aromatic heterocycles. The molecule has 0 aliphatic carbocycles. The van der Waals surface area contributed by atoms with E-state index in [0.717, 1.165) is 0 Å². The number of para-hydroxylation sites is 1. The largest absolute Gasteiger partial charge is 0.495 e. The number of carbonyl (C=O) groups is 2. The zero-order valence-corrected chi connectivity index (χ0v) is 15.7. The van der Waals surface area contributed by atoms with E-state index in [1.807, 2.05) is 0 Å². The van der Waals surface area contributed by atoms with Crippen LogP contribution in [0.2, 0.25) is 5.02 Å². The van der Waals surface area contributed by atoms with Gasteiger partial charge in [0.2, 0.25) is 0 Å². The number of furan rings is 1. The summed E-state index contributed by atoms with van der Waals surface area (Å²) in [5.74, 6) is 0.192. The summed E-state index contributed by atoms with van der Waals surface area (Å²) in [6.07, 6.45) is 1.40. The molecule has 0 unspecified atom stereocenters. The number of nitrogens with one attached hydrogen (secondary N) is 2. The van der Waals surface area contributed by atoms with Gasteiger partial charge in [0.1, 0.15) is 11.5 Å². The summed E-state index contributed by atoms with van der Waals surface area (Å²) in [5.41, 5.74) is 0.844. The van der Waals surface area contributed by atoms with Crippen LogP contribution in [0.4, 0.5) is 11.4 Å². The van der Waals surface area contributed by atoms with Crippen LogP contribution in [0.5, 0.6) is 11.5 Å². The fourth-order valence-corrected chi connectivity index (χ4v) is 2.57. The summed E-state index contributed by atoms with van der Waals surface area (Å²) in [4.78, 5) is 24.3. The van der Waals surface area contributed by atoms with E-state index in [4.69, 9.17) is 25.5 Å². The van der Waals surface area contributed by atoms with Crippen molar-refractivity contribution in [2.75, 3.05) is 24.4 Å². The molecular weight excluding hydrogens is 384 g/mol. The molecule has 2 N–H and O–H groups in total. The molecule has 0 fully saturated rings. The molecule has 0 aliphatic heterocycles. The standard InChI is InChI=1S/C20H17ClN2O5/c1-26-17-9-8-13(11-15(17)23-20(25)18-7-4-10-27-18)22-19(24)12-28-16-6-3-2-5-14(16)21/h2-11H,12H2,1H3,(H,22,24)(H,23,25). The van der Waals surface area contributed by atoms with Gasteiger partial charge in [-0.15, -0.1) is 0 Å². The highest BCUT2D eigenvalue weighted by atomic mass is 35.5. The fourth-order valence-electron chi connectivity index (χ4n) is 2.38. The van der Waals surface area contributed by atoms with Gasteiger partial charge in [-0.2, -0.15) is 0 Å². The number of ether oxygens (including phenoxy) is 2. The molecule has 0 radical (unpaired) electrons. The first-order valence-corrected chi connectivity index (χ1v) is 8.64. The molecule has 0 aliphatic rings. The van der Waals surface area contributed by atoms with Gasteiger partial charge in [0.25, 0.3) is 11.8 Å². The van der Waals surface area contributed by atoms with E-state index in [1.165, 1.54) is 13.4 Å². The lowest BCUT2D eigenvalue weighted by Gasteiger charge is -2.13. The Morgan fingerprint density at radius 1 is 1.04 bits per heavy atom. The minimum atomic E-state index is -0.436. The highest BCUT2D eigenvalue weighted by Gasteiger charge is 2.14. The van der Waals surface area contributed by atoms with Crippen LogP contribution in [-0.4, -0.2) is 25.5 Å². The predicted molar refractivity (Wildman–Crippen MR) is 105 cm³/mol. The minimum absolute atomic E-state index is 0.157. The van der Waals surface area contributed by atoms with Crippen LogP contribution in [0.1, 0.15) is 10.6 Å². The van der Waals surface area contributed by atoms with E-state index in [-0.39, 0.29) is 18.3 Å². The molecule has 0 saturated carbocycles. The van der Waals surface area contributed by atoms with Crippen molar-refractivity contribution in [3.8, 4) is 11.5 Å². The summed E-state index contributed by atoms with van der Waals surface area (Å²) in [6.45, 7) is -0.218. The molecule has 2 amide bonds. The maximum atomic E-state index is 12.2. The van der Waals surface area contributed by atoms with Gasteiger partial charge >= 0.3 is 0 Å². The monoisotopic (exact) mass is 400 g/mol. The minimum Gasteiger partial charge on any atom is -0.495 e. The quantitative estimate of drug-likeness (QED) is 0.620. The Morgan fingerprint density at radius 2 is 1.86 bits per heavy atom. The third-order valence-electron chi connectivity index (χ3n) is 3.67. The second-order valence-electron chi connectivity index (χ2n) is 5.61. The summed E-state index contributed by atoms with van der Waals surface area (Å²) >= 11 is 5.99. The Hall–Kier alpha value is -3.45. The van der Waals surface area contributed by atoms with Gasteiger partial charge in [-0.25, -0.2) is 0 Å². The van der Waals surface area contributed by atoms with Gasteiger partial charge in [0, 0.05) is 5.69 Å². The number of halogens is 1. The van der Waals surface area contributed by atoms with E-state index >= 15 is 0 Å². The Bertz CT molecular complexity index is 972. The van der Waals surface area contributed by atoms with E-state index in [9.17, 15) is 9.59 Å². The second kappa shape index (κ2) is 8.96. The number of hydrogen-bond acceptors (Lipinski definition) is 5. The maximum Gasteiger partial charge on any atom is 0.291 e. The van der Waals surface area contributed by atoms with Gasteiger partial charge in [-0.05, 0) is 42.5 Å². The average molecular weight is 401 g/mol. The highest BCUT2D eigenvalue weighted by molar-refractivity contribution is 6.32. The lowest BCUT2D eigenvalue weighted by atomic mass is 10.2. The summed E-state index contributed by atoms with van der Waals surface area (Å²) < 4.78 is 15.7. The molecule has 0 bridgehead atoms. The number of benzene rings is 2. The van der Waals surface area contributed by atoms with Crippen molar-refractivity contribution in [2.45, 2.75) is 0 Å². The van der Waals surface area contributed by atoms with Crippen molar-refractivity contribution in [1.82, 2.24) is 0 Å². The van der Waals surface area contributed by atoms with Gasteiger partial charge in [-0.1, -0.05) is 23.7 Å². The van der Waals surface area contributed by atoms with Crippen LogP contribution in [-0.2, 0) is 4.79 Å². The van der Waals surface area contributed by atoms with Gasteiger partial charge in [-0.3, -0.25) is 9.59 Å². The Labute approximate surface area is 166 Å². The molecule has 1 heterocycles. The molecule has 3 aromatic rings. The molecule has 8 heteroatoms. The van der Waals surface area contributed by atoms with Crippen molar-refractivity contribution < 1.29 is 23.5 Å². The first kappa shape index (κ1) is 19.3. The SMILES string of the molecule is COc1ccc(NC(=O)COc2ccccc2Cl)cc1NC(=O)c1ccco1. The molecule has 0 atom stereocenters. The molecule has 144 valence electrons. The first-order valence-electron chi connectivity index (χ1n) is 8.27. The van der Waals surface area contributed by atoms with E-state index in [0.29, 0.717) is 27.9 Å². The third-order valence-corrected chi connectivity index (χ3v) is 3.98. The second-order valence-corrected chi connectivity index (χ2v) is 6.02. The molecule has 7 nitrogen and oxygen atoms in total. The summed E-state index contributed by atoms with van der Waals surface area (Å²) in [6, 6.07) is 14.9. The van der Waals surface area contributed by atoms with Crippen LogP contribution >= 0.6 is 11.6 Å². The Balaban J connectivity index is 1.66. The normalized spacial score (nSPS) is 10.2.